The summed E-state index contributed by atoms with van der Waals surface area (Å²) < 4.78 is 37.9. The Morgan fingerprint density at radius 3 is 2.61 bits per heavy atom. The molecule has 1 amide bonds. The first kappa shape index (κ1) is 16.6. The fourth-order valence-electron chi connectivity index (χ4n) is 1.98. The van der Waals surface area contributed by atoms with Gasteiger partial charge in [-0.2, -0.15) is 13.2 Å². The van der Waals surface area contributed by atoms with Crippen molar-refractivity contribution in [3.05, 3.63) is 34.2 Å². The third kappa shape index (κ3) is 3.71. The zero-order chi connectivity index (χ0) is 17.4. The van der Waals surface area contributed by atoms with Crippen LogP contribution in [0.2, 0.25) is 0 Å². The molecule has 1 aromatic carbocycles. The maximum Gasteiger partial charge on any atom is 0.406 e. The minimum atomic E-state index is -4.56. The number of aliphatic carboxylic acids is 1. The molecule has 124 valence electrons. The predicted octanol–water partition coefficient (Wildman–Crippen LogP) is 1.09. The van der Waals surface area contributed by atoms with Crippen LogP contribution in [0.4, 0.5) is 13.2 Å². The van der Waals surface area contributed by atoms with Crippen LogP contribution in [0.25, 0.3) is 11.0 Å². The van der Waals surface area contributed by atoms with Gasteiger partial charge >= 0.3 is 17.8 Å². The number of hydrogen-bond acceptors (Lipinski definition) is 3. The number of carbonyl (C=O) groups is 2. The molecule has 0 aliphatic rings. The van der Waals surface area contributed by atoms with Gasteiger partial charge in [-0.1, -0.05) is 0 Å². The van der Waals surface area contributed by atoms with E-state index in [0.29, 0.717) is 4.57 Å². The van der Waals surface area contributed by atoms with E-state index in [1.807, 2.05) is 0 Å². The Labute approximate surface area is 126 Å². The first-order valence-corrected chi connectivity index (χ1v) is 6.41. The second-order valence-electron chi connectivity index (χ2n) is 4.90. The third-order valence-electron chi connectivity index (χ3n) is 3.09. The van der Waals surface area contributed by atoms with E-state index in [2.05, 4.69) is 10.3 Å². The van der Waals surface area contributed by atoms with E-state index in [9.17, 15) is 27.6 Å². The molecule has 0 radical (unpaired) electrons. The molecule has 10 heteroatoms. The molecule has 1 atom stereocenters. The van der Waals surface area contributed by atoms with E-state index in [-0.39, 0.29) is 16.6 Å². The van der Waals surface area contributed by atoms with Gasteiger partial charge in [0.1, 0.15) is 12.6 Å². The molecule has 23 heavy (non-hydrogen) atoms. The number of aromatic nitrogens is 2. The molecule has 0 bridgehead atoms. The highest BCUT2D eigenvalue weighted by Gasteiger charge is 2.30. The average molecular weight is 331 g/mol. The number of halogens is 3. The van der Waals surface area contributed by atoms with Crippen LogP contribution < -0.4 is 11.0 Å². The Bertz CT molecular complexity index is 822. The van der Waals surface area contributed by atoms with E-state index >= 15 is 0 Å². The van der Waals surface area contributed by atoms with Gasteiger partial charge in [-0.25, -0.2) is 4.79 Å². The van der Waals surface area contributed by atoms with E-state index in [1.54, 1.807) is 0 Å². The van der Waals surface area contributed by atoms with Gasteiger partial charge in [-0.3, -0.25) is 14.2 Å². The predicted molar refractivity (Wildman–Crippen MR) is 73.2 cm³/mol. The van der Waals surface area contributed by atoms with E-state index in [4.69, 9.17) is 5.11 Å². The summed E-state index contributed by atoms with van der Waals surface area (Å²) in [5.41, 5.74) is -0.884. The lowest BCUT2D eigenvalue weighted by Crippen LogP contribution is -2.38. The fraction of sp³-hybridized carbons (Fsp3) is 0.308. The molecule has 0 aliphatic heterocycles. The van der Waals surface area contributed by atoms with Gasteiger partial charge < -0.3 is 15.4 Å². The number of carboxylic acids is 1. The van der Waals surface area contributed by atoms with Crippen molar-refractivity contribution in [3.8, 4) is 0 Å². The molecule has 2 rings (SSSR count). The summed E-state index contributed by atoms with van der Waals surface area (Å²) in [5, 5.41) is 10.9. The number of amides is 1. The van der Waals surface area contributed by atoms with E-state index in [0.717, 1.165) is 0 Å². The van der Waals surface area contributed by atoms with Gasteiger partial charge in [-0.05, 0) is 25.1 Å². The van der Waals surface area contributed by atoms with Crippen LogP contribution in [0.15, 0.2) is 23.0 Å². The first-order valence-electron chi connectivity index (χ1n) is 6.41. The van der Waals surface area contributed by atoms with Gasteiger partial charge in [0.2, 0.25) is 0 Å². The van der Waals surface area contributed by atoms with Crippen molar-refractivity contribution in [2.75, 3.05) is 0 Å². The molecular weight excluding hydrogens is 319 g/mol. The number of benzene rings is 1. The smallest absolute Gasteiger partial charge is 0.406 e. The zero-order valence-electron chi connectivity index (χ0n) is 11.8. The summed E-state index contributed by atoms with van der Waals surface area (Å²) in [5.74, 6) is -1.95. The van der Waals surface area contributed by atoms with Gasteiger partial charge in [0.15, 0.2) is 0 Å². The molecule has 2 aromatic rings. The summed E-state index contributed by atoms with van der Waals surface area (Å²) >= 11 is 0. The highest BCUT2D eigenvalue weighted by Crippen LogP contribution is 2.20. The van der Waals surface area contributed by atoms with Crippen LogP contribution in [0, 0.1) is 0 Å². The standard InChI is InChI=1S/C13H12F3N3O4/c1-6(11(21)22)17-10(20)7-2-3-9-8(4-7)18-12(23)19(9)5-13(14,15)16/h2-4,6H,5H2,1H3,(H,17,20)(H,18,23)(H,21,22). The van der Waals surface area contributed by atoms with Crippen molar-refractivity contribution in [2.24, 2.45) is 0 Å². The molecule has 7 nitrogen and oxygen atoms in total. The minimum Gasteiger partial charge on any atom is -0.480 e. The normalized spacial score (nSPS) is 13.0. The number of aromatic amines is 1. The SMILES string of the molecule is CC(NC(=O)c1ccc2c(c1)[nH]c(=O)n2CC(F)(F)F)C(=O)O. The lowest BCUT2D eigenvalue weighted by molar-refractivity contribution is -0.140. The Balaban J connectivity index is 2.36. The number of nitrogens with one attached hydrogen (secondary N) is 2. The second-order valence-corrected chi connectivity index (χ2v) is 4.90. The Kier molecular flexibility index (Phi) is 4.17. The van der Waals surface area contributed by atoms with Crippen LogP contribution >= 0.6 is 0 Å². The Morgan fingerprint density at radius 2 is 2.04 bits per heavy atom. The molecule has 0 saturated heterocycles. The van der Waals surface area contributed by atoms with Crippen LogP contribution in [0.3, 0.4) is 0 Å². The van der Waals surface area contributed by atoms with Crippen molar-refractivity contribution >= 4 is 22.9 Å². The lowest BCUT2D eigenvalue weighted by atomic mass is 10.1. The molecule has 0 aliphatic carbocycles. The van der Waals surface area contributed by atoms with Gasteiger partial charge in [0, 0.05) is 5.56 Å². The monoisotopic (exact) mass is 331 g/mol. The van der Waals surface area contributed by atoms with Crippen LogP contribution in [0.5, 0.6) is 0 Å². The lowest BCUT2D eigenvalue weighted by Gasteiger charge is -2.10. The largest absolute Gasteiger partial charge is 0.480 e. The van der Waals surface area contributed by atoms with E-state index < -0.39 is 36.3 Å². The Morgan fingerprint density at radius 1 is 1.39 bits per heavy atom. The number of carbonyl (C=O) groups excluding carboxylic acids is 1. The maximum atomic E-state index is 12.5. The quantitative estimate of drug-likeness (QED) is 0.780. The minimum absolute atomic E-state index is 0.00448. The summed E-state index contributed by atoms with van der Waals surface area (Å²) in [7, 11) is 0. The second kappa shape index (κ2) is 5.78. The van der Waals surface area contributed by atoms with Crippen molar-refractivity contribution in [3.63, 3.8) is 0 Å². The first-order chi connectivity index (χ1) is 10.6. The summed E-state index contributed by atoms with van der Waals surface area (Å²) in [6.45, 7) is -0.187. The average Bonchev–Trinajstić information content (AvgIpc) is 2.72. The molecule has 1 aromatic heterocycles. The van der Waals surface area contributed by atoms with Gasteiger partial charge in [0.05, 0.1) is 11.0 Å². The number of imidazole rings is 1. The molecule has 0 spiro atoms. The number of rotatable bonds is 4. The van der Waals surface area contributed by atoms with Crippen LogP contribution in [-0.2, 0) is 11.3 Å². The topological polar surface area (TPSA) is 104 Å². The van der Waals surface area contributed by atoms with Gasteiger partial charge in [-0.15, -0.1) is 0 Å². The number of hydrogen-bond donors (Lipinski definition) is 3. The number of fused-ring (bicyclic) bond motifs is 1. The molecule has 1 unspecified atom stereocenters. The summed E-state index contributed by atoms with van der Waals surface area (Å²) in [6, 6.07) is 2.46. The fourth-order valence-corrected chi connectivity index (χ4v) is 1.98. The number of alkyl halides is 3. The highest BCUT2D eigenvalue weighted by atomic mass is 19.4. The van der Waals surface area contributed by atoms with Crippen molar-refractivity contribution < 1.29 is 27.9 Å². The molecule has 0 fully saturated rings. The van der Waals surface area contributed by atoms with Crippen molar-refractivity contribution in [1.82, 2.24) is 14.9 Å². The van der Waals surface area contributed by atoms with Gasteiger partial charge in [0.25, 0.3) is 5.91 Å². The van der Waals surface area contributed by atoms with Crippen molar-refractivity contribution in [2.45, 2.75) is 25.7 Å². The molecule has 0 saturated carbocycles. The molecule has 3 N–H and O–H groups in total. The Hall–Kier alpha value is -2.78. The highest BCUT2D eigenvalue weighted by molar-refractivity contribution is 5.99. The zero-order valence-corrected chi connectivity index (χ0v) is 11.8. The van der Waals surface area contributed by atoms with Crippen LogP contribution in [0.1, 0.15) is 17.3 Å². The third-order valence-corrected chi connectivity index (χ3v) is 3.09. The number of H-pyrrole nitrogens is 1. The maximum absolute atomic E-state index is 12.5. The number of nitrogens with zero attached hydrogens (tertiary/aromatic N) is 1. The number of carboxylic acid groups (broad SMARTS) is 1. The van der Waals surface area contributed by atoms with Crippen molar-refractivity contribution in [1.29, 1.82) is 0 Å². The summed E-state index contributed by atoms with van der Waals surface area (Å²) in [6.07, 6.45) is -4.56. The molecule has 1 heterocycles. The summed E-state index contributed by atoms with van der Waals surface area (Å²) in [4.78, 5) is 36.4. The van der Waals surface area contributed by atoms with Crippen LogP contribution in [-0.4, -0.2) is 38.8 Å². The van der Waals surface area contributed by atoms with E-state index in [1.165, 1.54) is 25.1 Å². The molecular formula is C13H12F3N3O4.